The molecular formula is C30H43N3O7. The van der Waals surface area contributed by atoms with Gasteiger partial charge in [0.1, 0.15) is 11.5 Å². The summed E-state index contributed by atoms with van der Waals surface area (Å²) in [6.45, 7) is 9.47. The Kier molecular flexibility index (Phi) is 8.93. The number of amides is 2. The topological polar surface area (TPSA) is 165 Å². The molecule has 2 aliphatic carbocycles. The molecule has 3 atom stereocenters. The Bertz CT molecular complexity index is 1270. The van der Waals surface area contributed by atoms with Crippen molar-refractivity contribution in [3.8, 4) is 5.75 Å². The van der Waals surface area contributed by atoms with E-state index in [1.165, 1.54) is 13.8 Å². The Morgan fingerprint density at radius 1 is 1.18 bits per heavy atom. The van der Waals surface area contributed by atoms with Crippen molar-refractivity contribution in [2.75, 3.05) is 25.5 Å². The number of phenols is 1. The van der Waals surface area contributed by atoms with E-state index in [1.54, 1.807) is 4.90 Å². The Morgan fingerprint density at radius 3 is 2.30 bits per heavy atom. The van der Waals surface area contributed by atoms with E-state index in [0.29, 0.717) is 30.5 Å². The maximum atomic E-state index is 13.8. The number of ketones is 1. The summed E-state index contributed by atoms with van der Waals surface area (Å²) in [4.78, 5) is 41.5. The van der Waals surface area contributed by atoms with Gasteiger partial charge in [0.15, 0.2) is 5.78 Å². The molecule has 0 radical (unpaired) electrons. The lowest BCUT2D eigenvalue weighted by Gasteiger charge is -2.37. The van der Waals surface area contributed by atoms with Gasteiger partial charge >= 0.3 is 0 Å². The zero-order valence-electron chi connectivity index (χ0n) is 24.5. The van der Waals surface area contributed by atoms with Crippen LogP contribution in [0.5, 0.6) is 5.75 Å². The Hall–Kier alpha value is -3.53. The third kappa shape index (κ3) is 6.43. The molecule has 3 rings (SSSR count). The highest BCUT2D eigenvalue weighted by Gasteiger charge is 2.41. The average molecular weight is 558 g/mol. The molecule has 2 aliphatic rings. The number of hydrogen-bond acceptors (Lipinski definition) is 8. The summed E-state index contributed by atoms with van der Waals surface area (Å²) in [5, 5.41) is 42.8. The van der Waals surface area contributed by atoms with Crippen LogP contribution in [0.1, 0.15) is 75.4 Å². The number of benzene rings is 1. The van der Waals surface area contributed by atoms with E-state index in [2.05, 4.69) is 0 Å². The fraction of sp³-hybridized carbons (Fsp3) is 0.567. The molecule has 3 unspecified atom stereocenters. The van der Waals surface area contributed by atoms with Gasteiger partial charge in [0.25, 0.3) is 5.91 Å². The van der Waals surface area contributed by atoms with Gasteiger partial charge in [0.05, 0.1) is 23.0 Å². The van der Waals surface area contributed by atoms with Gasteiger partial charge in [-0.25, -0.2) is 0 Å². The van der Waals surface area contributed by atoms with E-state index in [9.17, 15) is 34.8 Å². The van der Waals surface area contributed by atoms with Crippen LogP contribution in [0, 0.1) is 17.3 Å². The molecule has 0 aliphatic heterocycles. The summed E-state index contributed by atoms with van der Waals surface area (Å²) in [5.74, 6) is -2.80. The van der Waals surface area contributed by atoms with Gasteiger partial charge in [-0.05, 0) is 48.6 Å². The number of aliphatic hydroxyl groups is 3. The third-order valence-corrected chi connectivity index (χ3v) is 7.63. The number of hydrogen-bond donors (Lipinski definition) is 5. The number of fused-ring (bicyclic) bond motifs is 2. The van der Waals surface area contributed by atoms with Crippen LogP contribution in [0.3, 0.4) is 0 Å². The molecule has 0 fully saturated rings. The number of nitrogens with zero attached hydrogens (tertiary/aromatic N) is 2. The van der Waals surface area contributed by atoms with Crippen LogP contribution in [0.15, 0.2) is 28.7 Å². The minimum Gasteiger partial charge on any atom is -0.512 e. The Balaban J connectivity index is 2.04. The first-order chi connectivity index (χ1) is 18.4. The number of Topliss-reactive ketones (excluding diaryl/α,β-unsaturated/α-hetero) is 1. The Morgan fingerprint density at radius 2 is 1.80 bits per heavy atom. The molecular weight excluding hydrogens is 514 g/mol. The third-order valence-electron chi connectivity index (χ3n) is 7.63. The molecule has 10 heteroatoms. The highest BCUT2D eigenvalue weighted by molar-refractivity contribution is 6.14. The van der Waals surface area contributed by atoms with Crippen molar-refractivity contribution in [1.82, 2.24) is 4.90 Å². The predicted molar refractivity (Wildman–Crippen MR) is 152 cm³/mol. The number of rotatable bonds is 8. The fourth-order valence-electron chi connectivity index (χ4n) is 6.01. The van der Waals surface area contributed by atoms with Gasteiger partial charge in [0.2, 0.25) is 5.91 Å². The van der Waals surface area contributed by atoms with Gasteiger partial charge in [-0.2, -0.15) is 0 Å². The second-order valence-corrected chi connectivity index (χ2v) is 12.6. The lowest BCUT2D eigenvalue weighted by atomic mass is 9.68. The first-order valence-corrected chi connectivity index (χ1v) is 13.6. The second kappa shape index (κ2) is 11.5. The smallest absolute Gasteiger partial charge is 0.250 e. The molecule has 1 aromatic rings. The number of aliphatic hydroxyl groups excluding tert-OH is 3. The van der Waals surface area contributed by atoms with Gasteiger partial charge in [-0.15, -0.1) is 0 Å². The van der Waals surface area contributed by atoms with E-state index in [-0.39, 0.29) is 76.5 Å². The summed E-state index contributed by atoms with van der Waals surface area (Å²) in [7, 11) is 3.69. The fourth-order valence-corrected chi connectivity index (χ4v) is 6.01. The van der Waals surface area contributed by atoms with Crippen LogP contribution in [0.4, 0.5) is 5.69 Å². The first-order valence-electron chi connectivity index (χ1n) is 13.6. The highest BCUT2D eigenvalue weighted by Crippen LogP contribution is 2.48. The molecule has 2 amide bonds. The van der Waals surface area contributed by atoms with Crippen LogP contribution in [0.2, 0.25) is 0 Å². The maximum absolute atomic E-state index is 13.8. The molecule has 0 aromatic heterocycles. The summed E-state index contributed by atoms with van der Waals surface area (Å²) in [6.07, 6.45) is -0.323. The second-order valence-electron chi connectivity index (χ2n) is 12.6. The van der Waals surface area contributed by atoms with Crippen LogP contribution >= 0.6 is 0 Å². The normalized spacial score (nSPS) is 20.4. The van der Waals surface area contributed by atoms with Gasteiger partial charge in [0, 0.05) is 63.8 Å². The minimum atomic E-state index is -1.24. The molecule has 10 nitrogen and oxygen atoms in total. The molecule has 1 aromatic carbocycles. The lowest BCUT2D eigenvalue weighted by molar-refractivity contribution is -0.130. The Labute approximate surface area is 235 Å². The quantitative estimate of drug-likeness (QED) is 0.239. The number of primary amides is 1. The number of allylic oxidation sites excluding steroid dienone is 3. The van der Waals surface area contributed by atoms with Crippen molar-refractivity contribution in [3.63, 3.8) is 0 Å². The molecule has 220 valence electrons. The maximum Gasteiger partial charge on any atom is 0.250 e. The van der Waals surface area contributed by atoms with Crippen molar-refractivity contribution in [2.24, 2.45) is 23.0 Å². The molecule has 0 spiro atoms. The summed E-state index contributed by atoms with van der Waals surface area (Å²) >= 11 is 0. The lowest BCUT2D eigenvalue weighted by Crippen LogP contribution is -2.36. The van der Waals surface area contributed by atoms with Crippen LogP contribution in [0.25, 0.3) is 0 Å². The number of carbonyl (C=O) groups is 3. The molecule has 0 heterocycles. The van der Waals surface area contributed by atoms with E-state index in [4.69, 9.17) is 5.73 Å². The van der Waals surface area contributed by atoms with Crippen molar-refractivity contribution in [2.45, 2.75) is 73.0 Å². The number of carbonyl (C=O) groups excluding carboxylic acids is 3. The number of aromatic hydroxyl groups is 1. The van der Waals surface area contributed by atoms with Crippen molar-refractivity contribution in [1.29, 1.82) is 0 Å². The molecule has 40 heavy (non-hydrogen) atoms. The van der Waals surface area contributed by atoms with E-state index >= 15 is 0 Å². The summed E-state index contributed by atoms with van der Waals surface area (Å²) in [6, 6.07) is 1.81. The molecule has 0 saturated carbocycles. The van der Waals surface area contributed by atoms with Crippen molar-refractivity contribution in [3.05, 3.63) is 45.4 Å². The van der Waals surface area contributed by atoms with Crippen LogP contribution in [-0.2, 0) is 22.6 Å². The highest BCUT2D eigenvalue weighted by atomic mass is 16.3. The number of anilines is 1. The number of nitrogens with two attached hydrogens (primary N) is 1. The average Bonchev–Trinajstić information content (AvgIpc) is 2.77. The zero-order chi connectivity index (χ0) is 30.3. The predicted octanol–water partition coefficient (Wildman–Crippen LogP) is 3.50. The molecule has 0 saturated heterocycles. The summed E-state index contributed by atoms with van der Waals surface area (Å²) < 4.78 is 0. The molecule has 0 bridgehead atoms. The zero-order valence-corrected chi connectivity index (χ0v) is 24.5. The van der Waals surface area contributed by atoms with E-state index in [1.807, 2.05) is 45.8 Å². The standard InChI is InChI=1S/C30H43N3O7/c1-15(34)24(29(31)40)22(36)9-17-8-18-11-20-21(32(6)7)12-19(13-33(16(2)35)14-30(3,4)5)27(38)26(20)28(39)25(18)23(37)10-17/h12,15,17-18,34,36-38H,8-11,13-14H2,1-7H3,(H2,31,40)/b24-22-. The van der Waals surface area contributed by atoms with Gasteiger partial charge in [-0.3, -0.25) is 14.4 Å². The molecule has 6 N–H and O–H groups in total. The largest absolute Gasteiger partial charge is 0.512 e. The monoisotopic (exact) mass is 557 g/mol. The van der Waals surface area contributed by atoms with Gasteiger partial charge in [-0.1, -0.05) is 20.8 Å². The van der Waals surface area contributed by atoms with Crippen LogP contribution < -0.4 is 10.6 Å². The first kappa shape index (κ1) is 31.0. The van der Waals surface area contributed by atoms with Gasteiger partial charge < -0.3 is 36.0 Å². The van der Waals surface area contributed by atoms with Crippen molar-refractivity contribution >= 4 is 23.3 Å². The van der Waals surface area contributed by atoms with Crippen molar-refractivity contribution < 1.29 is 34.8 Å². The summed E-state index contributed by atoms with van der Waals surface area (Å²) in [5.41, 5.74) is 7.13. The van der Waals surface area contributed by atoms with E-state index in [0.717, 1.165) is 5.69 Å². The number of phenolic OH excluding ortho intramolecular Hbond substituents is 1. The van der Waals surface area contributed by atoms with E-state index < -0.39 is 17.8 Å². The van der Waals surface area contributed by atoms with Crippen LogP contribution in [-0.4, -0.2) is 69.7 Å². The minimum absolute atomic E-state index is 0.0114. The SMILES string of the molecule is CC(=O)N(Cc1cc(N(C)C)c2c(c1O)C(=O)C1=C(O)CC(C/C(O)=C(/C(N)=O)C(C)O)CC1C2)CC(C)(C)C.